The van der Waals surface area contributed by atoms with Gasteiger partial charge in [-0.3, -0.25) is 9.59 Å². The standard InChI is InChI=1S/C24H19N2O2.ClHO4/c1-14-9-11-15(12-10-14)26-23(27)20-19-16-6-2-3-7-17(16)22(21(20)24(26)28)25-13-5-4-8-18(19)25;2-1(3,4)5/h2-13,19-22H,1H3;(H,2,3,4,5)/q+1;/p-1. The number of aromatic nitrogens is 1. The van der Waals surface area contributed by atoms with Crippen molar-refractivity contribution < 1.29 is 43.0 Å². The van der Waals surface area contributed by atoms with Gasteiger partial charge in [-0.1, -0.05) is 48.0 Å². The minimum Gasteiger partial charge on any atom is -0.274 e. The van der Waals surface area contributed by atoms with Gasteiger partial charge in [0.1, 0.15) is 5.92 Å². The molecule has 4 aliphatic rings. The minimum absolute atomic E-state index is 0.0709. The second-order valence-corrected chi connectivity index (χ2v) is 9.12. The van der Waals surface area contributed by atoms with Crippen molar-refractivity contribution in [1.82, 2.24) is 0 Å². The molecule has 1 saturated heterocycles. The Hall–Kier alpha value is -3.14. The van der Waals surface area contributed by atoms with Gasteiger partial charge in [0.15, 0.2) is 17.9 Å². The zero-order valence-corrected chi connectivity index (χ0v) is 18.2. The molecular weight excluding hydrogens is 448 g/mol. The highest BCUT2D eigenvalue weighted by molar-refractivity contribution is 6.23. The van der Waals surface area contributed by atoms with Gasteiger partial charge in [-0.15, -0.1) is 10.2 Å². The molecule has 0 spiro atoms. The summed E-state index contributed by atoms with van der Waals surface area (Å²) in [6, 6.07) is 21.9. The average Bonchev–Trinajstić information content (AvgIpc) is 3.04. The molecule has 2 bridgehead atoms. The summed E-state index contributed by atoms with van der Waals surface area (Å²) < 4.78 is 36.2. The molecule has 4 unspecified atom stereocenters. The number of carbonyl (C=O) groups is 2. The number of hydrogen-bond donors (Lipinski definition) is 0. The number of halogens is 1. The third-order valence-electron chi connectivity index (χ3n) is 6.58. The number of carbonyl (C=O) groups excluding carboxylic acids is 2. The summed E-state index contributed by atoms with van der Waals surface area (Å²) in [5.74, 6) is -0.923. The Morgan fingerprint density at radius 2 is 1.36 bits per heavy atom. The molecule has 33 heavy (non-hydrogen) atoms. The van der Waals surface area contributed by atoms with Crippen molar-refractivity contribution in [3.05, 3.63) is 95.3 Å². The van der Waals surface area contributed by atoms with E-state index in [2.05, 4.69) is 22.8 Å². The number of aryl methyl sites for hydroxylation is 1. The second kappa shape index (κ2) is 7.72. The summed E-state index contributed by atoms with van der Waals surface area (Å²) in [5, 5.41) is 0. The normalized spacial score (nSPS) is 24.6. The summed E-state index contributed by atoms with van der Waals surface area (Å²) in [6.07, 6.45) is 2.05. The lowest BCUT2D eigenvalue weighted by molar-refractivity contribution is -2.00. The molecule has 4 heterocycles. The van der Waals surface area contributed by atoms with Crippen molar-refractivity contribution in [2.45, 2.75) is 18.9 Å². The fraction of sp³-hybridized carbons (Fsp3) is 0.208. The third kappa shape index (κ3) is 3.52. The molecule has 1 aromatic heterocycles. The van der Waals surface area contributed by atoms with E-state index in [1.165, 1.54) is 16.0 Å². The number of imide groups is 1. The molecule has 7 rings (SSSR count). The molecule has 1 aliphatic carbocycles. The number of benzene rings is 2. The molecule has 1 fully saturated rings. The van der Waals surface area contributed by atoms with Gasteiger partial charge >= 0.3 is 0 Å². The van der Waals surface area contributed by atoms with E-state index in [0.29, 0.717) is 5.69 Å². The van der Waals surface area contributed by atoms with Crippen molar-refractivity contribution in [2.24, 2.45) is 11.8 Å². The number of amides is 2. The fourth-order valence-corrected chi connectivity index (χ4v) is 5.45. The van der Waals surface area contributed by atoms with Crippen LogP contribution in [-0.2, 0) is 9.59 Å². The molecule has 168 valence electrons. The Kier molecular flexibility index (Phi) is 5.08. The highest BCUT2D eigenvalue weighted by atomic mass is 35.7. The SMILES string of the molecule is Cc1ccc(N2C(=O)C3C4c5ccccc5C(C3C2=O)[n+]2ccccc24)cc1.[O-][Cl+3]([O-])([O-])[O-]. The molecule has 0 N–H and O–H groups in total. The molecule has 9 heteroatoms. The van der Waals surface area contributed by atoms with Crippen molar-refractivity contribution in [3.63, 3.8) is 0 Å². The Balaban J connectivity index is 0.000000416. The van der Waals surface area contributed by atoms with Crippen LogP contribution < -0.4 is 28.1 Å². The Morgan fingerprint density at radius 1 is 0.788 bits per heavy atom. The molecule has 3 aromatic rings. The lowest BCUT2D eigenvalue weighted by atomic mass is 9.63. The van der Waals surface area contributed by atoms with Gasteiger partial charge in [0, 0.05) is 17.7 Å². The maximum Gasteiger partial charge on any atom is 0.244 e. The monoisotopic (exact) mass is 466 g/mol. The number of nitrogens with zero attached hydrogens (tertiary/aromatic N) is 2. The summed E-state index contributed by atoms with van der Waals surface area (Å²) in [4.78, 5) is 28.5. The maximum absolute atomic E-state index is 13.5. The van der Waals surface area contributed by atoms with Crippen LogP contribution in [0.25, 0.3) is 0 Å². The molecule has 2 aromatic carbocycles. The highest BCUT2D eigenvalue weighted by Crippen LogP contribution is 2.55. The van der Waals surface area contributed by atoms with E-state index in [-0.39, 0.29) is 35.6 Å². The number of hydrogen-bond acceptors (Lipinski definition) is 6. The molecule has 0 radical (unpaired) electrons. The van der Waals surface area contributed by atoms with Crippen LogP contribution in [0.3, 0.4) is 0 Å². The predicted octanol–water partition coefficient (Wildman–Crippen LogP) is -1.62. The minimum atomic E-state index is -4.94. The van der Waals surface area contributed by atoms with Crippen LogP contribution in [-0.4, -0.2) is 11.8 Å². The first-order valence-corrected chi connectivity index (χ1v) is 11.6. The number of pyridine rings is 1. The maximum atomic E-state index is 13.5. The molecule has 4 atom stereocenters. The smallest absolute Gasteiger partial charge is 0.244 e. The van der Waals surface area contributed by atoms with Crippen LogP contribution >= 0.6 is 0 Å². The summed E-state index contributed by atoms with van der Waals surface area (Å²) in [7, 11) is -4.94. The van der Waals surface area contributed by atoms with Crippen molar-refractivity contribution >= 4 is 17.5 Å². The highest BCUT2D eigenvalue weighted by Gasteiger charge is 2.66. The molecule has 2 amide bonds. The molecule has 8 nitrogen and oxygen atoms in total. The van der Waals surface area contributed by atoms with E-state index in [0.717, 1.165) is 11.3 Å². The van der Waals surface area contributed by atoms with E-state index in [1.54, 1.807) is 0 Å². The Morgan fingerprint density at radius 3 is 2.03 bits per heavy atom. The number of anilines is 1. The van der Waals surface area contributed by atoms with Gasteiger partial charge in [-0.05, 0) is 24.6 Å². The van der Waals surface area contributed by atoms with Gasteiger partial charge in [0.05, 0.1) is 17.5 Å². The summed E-state index contributed by atoms with van der Waals surface area (Å²) in [5.41, 5.74) is 5.26. The van der Waals surface area contributed by atoms with E-state index in [1.807, 2.05) is 61.7 Å². The quantitative estimate of drug-likeness (QED) is 0.312. The van der Waals surface area contributed by atoms with Crippen LogP contribution in [0.1, 0.15) is 34.3 Å². The van der Waals surface area contributed by atoms with Crippen molar-refractivity contribution in [1.29, 1.82) is 0 Å². The van der Waals surface area contributed by atoms with Crippen LogP contribution in [0.2, 0.25) is 0 Å². The topological polar surface area (TPSA) is 134 Å². The van der Waals surface area contributed by atoms with Crippen LogP contribution in [0.5, 0.6) is 0 Å². The predicted molar refractivity (Wildman–Crippen MR) is 104 cm³/mol. The van der Waals surface area contributed by atoms with Gasteiger partial charge in [0.25, 0.3) is 0 Å². The van der Waals surface area contributed by atoms with Crippen LogP contribution in [0.15, 0.2) is 72.9 Å². The van der Waals surface area contributed by atoms with Crippen LogP contribution in [0.4, 0.5) is 5.69 Å². The second-order valence-electron chi connectivity index (χ2n) is 8.36. The first-order valence-electron chi connectivity index (χ1n) is 10.3. The summed E-state index contributed by atoms with van der Waals surface area (Å²) in [6.45, 7) is 2.00. The fourth-order valence-electron chi connectivity index (χ4n) is 5.45. The van der Waals surface area contributed by atoms with Crippen molar-refractivity contribution in [2.75, 3.05) is 4.90 Å². The number of rotatable bonds is 1. The molecule has 0 saturated carbocycles. The van der Waals surface area contributed by atoms with E-state index in [9.17, 15) is 9.59 Å². The van der Waals surface area contributed by atoms with E-state index < -0.39 is 10.2 Å². The average molecular weight is 467 g/mol. The lowest BCUT2D eigenvalue weighted by Gasteiger charge is -2.40. The largest absolute Gasteiger partial charge is 0.274 e. The zero-order valence-electron chi connectivity index (χ0n) is 17.5. The Labute approximate surface area is 191 Å². The van der Waals surface area contributed by atoms with Crippen LogP contribution in [0, 0.1) is 29.0 Å². The molecule has 3 aliphatic heterocycles. The van der Waals surface area contributed by atoms with Gasteiger partial charge < -0.3 is 0 Å². The van der Waals surface area contributed by atoms with Gasteiger partial charge in [-0.25, -0.2) is 23.5 Å². The van der Waals surface area contributed by atoms with Gasteiger partial charge in [0.2, 0.25) is 11.8 Å². The van der Waals surface area contributed by atoms with E-state index >= 15 is 0 Å². The van der Waals surface area contributed by atoms with Gasteiger partial charge in [-0.2, -0.15) is 4.57 Å². The third-order valence-corrected chi connectivity index (χ3v) is 6.58. The lowest BCUT2D eigenvalue weighted by Crippen LogP contribution is -2.68. The molecular formula is C24H19ClN2O6. The summed E-state index contributed by atoms with van der Waals surface area (Å²) >= 11 is 0. The first-order chi connectivity index (χ1) is 15.7. The zero-order chi connectivity index (χ0) is 23.5. The van der Waals surface area contributed by atoms with Crippen molar-refractivity contribution in [3.8, 4) is 0 Å². The van der Waals surface area contributed by atoms with E-state index in [4.69, 9.17) is 18.6 Å². The Bertz CT molecular complexity index is 1130. The first kappa shape index (κ1) is 21.7.